The number of rotatable bonds is 3. The molecule has 1 aromatic heterocycles. The van der Waals surface area contributed by atoms with E-state index in [1.165, 1.54) is 19.5 Å². The number of anilines is 1. The van der Waals surface area contributed by atoms with Crippen LogP contribution in [-0.4, -0.2) is 23.0 Å². The Morgan fingerprint density at radius 1 is 1.20 bits per heavy atom. The topological polar surface area (TPSA) is 87.3 Å². The van der Waals surface area contributed by atoms with Crippen LogP contribution in [0, 0.1) is 13.8 Å². The molecule has 0 aliphatic rings. The molecule has 0 amide bonds. The van der Waals surface area contributed by atoms with Gasteiger partial charge in [-0.15, -0.1) is 0 Å². The van der Waals surface area contributed by atoms with Crippen LogP contribution in [0.25, 0.3) is 0 Å². The first-order chi connectivity index (χ1) is 9.51. The summed E-state index contributed by atoms with van der Waals surface area (Å²) in [6.45, 7) is 3.76. The van der Waals surface area contributed by atoms with Gasteiger partial charge in [0.15, 0.2) is 5.69 Å². The summed E-state index contributed by atoms with van der Waals surface area (Å²) in [4.78, 5) is 19.3. The summed E-state index contributed by atoms with van der Waals surface area (Å²) in [7, 11) is 1.28. The molecule has 0 saturated carbocycles. The highest BCUT2D eigenvalue weighted by molar-refractivity contribution is 5.86. The van der Waals surface area contributed by atoms with Crippen LogP contribution in [0.2, 0.25) is 0 Å². The predicted molar refractivity (Wildman–Crippen MR) is 73.8 cm³/mol. The third-order valence-electron chi connectivity index (χ3n) is 2.79. The van der Waals surface area contributed by atoms with Crippen LogP contribution in [0.1, 0.15) is 21.6 Å². The summed E-state index contributed by atoms with van der Waals surface area (Å²) in [6.07, 6.45) is 2.75. The monoisotopic (exact) mass is 273 g/mol. The maximum atomic E-state index is 11.4. The first-order valence-electron chi connectivity index (χ1n) is 5.96. The van der Waals surface area contributed by atoms with E-state index in [1.807, 2.05) is 26.0 Å². The molecule has 2 N–H and O–H groups in total. The van der Waals surface area contributed by atoms with Crippen molar-refractivity contribution in [3.63, 3.8) is 0 Å². The molecule has 2 rings (SSSR count). The predicted octanol–water partition coefficient (Wildman–Crippen LogP) is 2.25. The maximum absolute atomic E-state index is 11.4. The average Bonchev–Trinajstić information content (AvgIpc) is 2.44. The Balaban J connectivity index is 2.31. The van der Waals surface area contributed by atoms with Gasteiger partial charge in [-0.05, 0) is 37.1 Å². The Kier molecular flexibility index (Phi) is 3.84. The zero-order valence-corrected chi connectivity index (χ0v) is 11.5. The van der Waals surface area contributed by atoms with Gasteiger partial charge in [0, 0.05) is 5.69 Å². The highest BCUT2D eigenvalue weighted by atomic mass is 16.5. The lowest BCUT2D eigenvalue weighted by Gasteiger charge is -2.10. The smallest absolute Gasteiger partial charge is 0.358 e. The van der Waals surface area contributed by atoms with Crippen LogP contribution in [0.4, 0.5) is 5.69 Å². The van der Waals surface area contributed by atoms with Gasteiger partial charge >= 0.3 is 5.97 Å². The fourth-order valence-corrected chi connectivity index (χ4v) is 1.63. The van der Waals surface area contributed by atoms with E-state index >= 15 is 0 Å². The molecule has 0 atom stereocenters. The second kappa shape index (κ2) is 5.56. The van der Waals surface area contributed by atoms with Crippen LogP contribution in [0.5, 0.6) is 11.6 Å². The molecule has 2 aromatic rings. The van der Waals surface area contributed by atoms with E-state index in [9.17, 15) is 4.79 Å². The summed E-state index contributed by atoms with van der Waals surface area (Å²) in [6, 6.07) is 3.64. The minimum absolute atomic E-state index is 0.0924. The van der Waals surface area contributed by atoms with Gasteiger partial charge in [0.1, 0.15) is 5.75 Å². The van der Waals surface area contributed by atoms with Crippen molar-refractivity contribution >= 4 is 11.7 Å². The van der Waals surface area contributed by atoms with Crippen LogP contribution in [-0.2, 0) is 4.74 Å². The van der Waals surface area contributed by atoms with Gasteiger partial charge in [-0.2, -0.15) is 0 Å². The second-order valence-corrected chi connectivity index (χ2v) is 4.31. The van der Waals surface area contributed by atoms with Crippen molar-refractivity contribution in [2.75, 3.05) is 12.8 Å². The molecule has 1 aromatic carbocycles. The standard InChI is InChI=1S/C14H15N3O3/c1-8-5-12(9(2)4-10(8)15)20-13-7-16-6-11(17-13)14(18)19-3/h4-7H,15H2,1-3H3. The third-order valence-corrected chi connectivity index (χ3v) is 2.79. The number of nitrogens with zero attached hydrogens (tertiary/aromatic N) is 2. The van der Waals surface area contributed by atoms with Crippen LogP contribution < -0.4 is 10.5 Å². The van der Waals surface area contributed by atoms with Crippen LogP contribution in [0.15, 0.2) is 24.5 Å². The molecule has 104 valence electrons. The van der Waals surface area contributed by atoms with E-state index in [0.29, 0.717) is 11.4 Å². The molecule has 0 spiro atoms. The normalized spacial score (nSPS) is 10.2. The molecule has 0 aliphatic heterocycles. The number of carbonyl (C=O) groups is 1. The molecule has 0 aliphatic carbocycles. The average molecular weight is 273 g/mol. The first-order valence-corrected chi connectivity index (χ1v) is 5.96. The van der Waals surface area contributed by atoms with Crippen molar-refractivity contribution in [2.24, 2.45) is 0 Å². The third kappa shape index (κ3) is 2.85. The summed E-state index contributed by atoms with van der Waals surface area (Å²) in [5, 5.41) is 0. The summed E-state index contributed by atoms with van der Waals surface area (Å²) in [5.74, 6) is 0.279. The quantitative estimate of drug-likeness (QED) is 0.681. The van der Waals surface area contributed by atoms with Gasteiger partial charge in [-0.25, -0.2) is 9.78 Å². The van der Waals surface area contributed by atoms with Crippen molar-refractivity contribution in [2.45, 2.75) is 13.8 Å². The Morgan fingerprint density at radius 2 is 1.95 bits per heavy atom. The largest absolute Gasteiger partial charge is 0.464 e. The van der Waals surface area contributed by atoms with Gasteiger partial charge < -0.3 is 15.2 Å². The van der Waals surface area contributed by atoms with E-state index in [1.54, 1.807) is 0 Å². The zero-order valence-electron chi connectivity index (χ0n) is 11.5. The molecule has 20 heavy (non-hydrogen) atoms. The zero-order chi connectivity index (χ0) is 14.7. The Morgan fingerprint density at radius 3 is 2.65 bits per heavy atom. The number of ether oxygens (including phenoxy) is 2. The number of nitrogens with two attached hydrogens (primary N) is 1. The number of carbonyl (C=O) groups excluding carboxylic acids is 1. The molecule has 0 bridgehead atoms. The van der Waals surface area contributed by atoms with Gasteiger partial charge in [0.25, 0.3) is 0 Å². The van der Waals surface area contributed by atoms with Crippen molar-refractivity contribution in [3.05, 3.63) is 41.3 Å². The molecule has 0 fully saturated rings. The minimum atomic E-state index is -0.562. The minimum Gasteiger partial charge on any atom is -0.464 e. The number of methoxy groups -OCH3 is 1. The molecule has 6 nitrogen and oxygen atoms in total. The fourth-order valence-electron chi connectivity index (χ4n) is 1.63. The lowest BCUT2D eigenvalue weighted by atomic mass is 10.1. The summed E-state index contributed by atoms with van der Waals surface area (Å²) < 4.78 is 10.2. The highest BCUT2D eigenvalue weighted by Gasteiger charge is 2.11. The maximum Gasteiger partial charge on any atom is 0.358 e. The molecular formula is C14H15N3O3. The fraction of sp³-hybridized carbons (Fsp3) is 0.214. The van der Waals surface area contributed by atoms with Crippen molar-refractivity contribution in [1.82, 2.24) is 9.97 Å². The van der Waals surface area contributed by atoms with Gasteiger partial charge in [-0.1, -0.05) is 0 Å². The summed E-state index contributed by atoms with van der Waals surface area (Å²) in [5.41, 5.74) is 8.39. The van der Waals surface area contributed by atoms with E-state index in [4.69, 9.17) is 10.5 Å². The number of aryl methyl sites for hydroxylation is 2. The van der Waals surface area contributed by atoms with Crippen LogP contribution in [0.3, 0.4) is 0 Å². The summed E-state index contributed by atoms with van der Waals surface area (Å²) >= 11 is 0. The van der Waals surface area contributed by atoms with Gasteiger partial charge in [-0.3, -0.25) is 4.98 Å². The molecule has 1 heterocycles. The lowest BCUT2D eigenvalue weighted by Crippen LogP contribution is -2.05. The SMILES string of the molecule is COC(=O)c1cncc(Oc2cc(C)c(N)cc2C)n1. The Labute approximate surface area is 116 Å². The van der Waals surface area contributed by atoms with Crippen molar-refractivity contribution in [1.29, 1.82) is 0 Å². The van der Waals surface area contributed by atoms with E-state index < -0.39 is 5.97 Å². The van der Waals surface area contributed by atoms with Crippen molar-refractivity contribution < 1.29 is 14.3 Å². The van der Waals surface area contributed by atoms with E-state index in [2.05, 4.69) is 14.7 Å². The number of esters is 1. The Bertz CT molecular complexity index is 656. The van der Waals surface area contributed by atoms with Gasteiger partial charge in [0.2, 0.25) is 5.88 Å². The molecular weight excluding hydrogens is 258 g/mol. The second-order valence-electron chi connectivity index (χ2n) is 4.31. The van der Waals surface area contributed by atoms with E-state index in [0.717, 1.165) is 11.1 Å². The number of benzene rings is 1. The number of hydrogen-bond donors (Lipinski definition) is 1. The number of aromatic nitrogens is 2. The first kappa shape index (κ1) is 13.8. The molecule has 0 unspecified atom stereocenters. The van der Waals surface area contributed by atoms with Crippen molar-refractivity contribution in [3.8, 4) is 11.6 Å². The molecule has 0 saturated heterocycles. The molecule has 0 radical (unpaired) electrons. The Hall–Kier alpha value is -2.63. The highest BCUT2D eigenvalue weighted by Crippen LogP contribution is 2.27. The van der Waals surface area contributed by atoms with Crippen LogP contribution >= 0.6 is 0 Å². The number of nitrogen functional groups attached to an aromatic ring is 1. The molecule has 6 heteroatoms. The lowest BCUT2D eigenvalue weighted by molar-refractivity contribution is 0.0592. The number of hydrogen-bond acceptors (Lipinski definition) is 6. The van der Waals surface area contributed by atoms with E-state index in [-0.39, 0.29) is 11.6 Å². The van der Waals surface area contributed by atoms with Gasteiger partial charge in [0.05, 0.1) is 19.5 Å².